The maximum Gasteiger partial charge on any atom is 0.358 e. The molecule has 0 fully saturated rings. The molecule has 2 rings (SSSR count). The van der Waals surface area contributed by atoms with Crippen molar-refractivity contribution in [2.75, 3.05) is 23.8 Å². The van der Waals surface area contributed by atoms with Crippen molar-refractivity contribution in [1.29, 1.82) is 0 Å². The number of aromatic nitrogens is 3. The van der Waals surface area contributed by atoms with E-state index in [9.17, 15) is 9.59 Å². The van der Waals surface area contributed by atoms with Crippen LogP contribution >= 0.6 is 11.3 Å². The van der Waals surface area contributed by atoms with Gasteiger partial charge in [0.1, 0.15) is 5.82 Å². The van der Waals surface area contributed by atoms with E-state index in [1.165, 1.54) is 11.3 Å². The molecule has 0 aromatic carbocycles. The van der Waals surface area contributed by atoms with Crippen LogP contribution in [0.5, 0.6) is 0 Å². The van der Waals surface area contributed by atoms with Gasteiger partial charge in [0, 0.05) is 24.0 Å². The van der Waals surface area contributed by atoms with Crippen LogP contribution in [-0.4, -0.2) is 39.8 Å². The number of carbonyl (C=O) groups is 2. The van der Waals surface area contributed by atoms with Gasteiger partial charge in [-0.3, -0.25) is 4.79 Å². The number of thiazole rings is 1. The van der Waals surface area contributed by atoms with E-state index in [-0.39, 0.29) is 11.7 Å². The molecule has 2 N–H and O–H groups in total. The first-order valence-electron chi connectivity index (χ1n) is 7.32. The highest BCUT2D eigenvalue weighted by atomic mass is 32.1. The van der Waals surface area contributed by atoms with Crippen molar-refractivity contribution in [1.82, 2.24) is 14.8 Å². The number of hydrogen-bond acceptors (Lipinski definition) is 7. The molecule has 0 aliphatic carbocycles. The van der Waals surface area contributed by atoms with Crippen molar-refractivity contribution in [2.45, 2.75) is 19.9 Å². The first kappa shape index (κ1) is 17.7. The van der Waals surface area contributed by atoms with E-state index < -0.39 is 18.5 Å². The minimum Gasteiger partial charge on any atom is -0.451 e. The molecule has 0 bridgehead atoms. The number of rotatable bonds is 8. The van der Waals surface area contributed by atoms with Crippen LogP contribution in [0.3, 0.4) is 0 Å². The standard InChI is InChI=1S/C15H19N5O3S/c1-4-6-16-15-18-11(9-24-15)14(22)23-8-13(21)19-12-5-7-17-20(12)10(2)3/h4-5,7,9-10H,1,6,8H2,2-3H3,(H,16,18)(H,19,21). The quantitative estimate of drug-likeness (QED) is 0.560. The van der Waals surface area contributed by atoms with Gasteiger partial charge < -0.3 is 15.4 Å². The summed E-state index contributed by atoms with van der Waals surface area (Å²) in [5.74, 6) is -0.535. The summed E-state index contributed by atoms with van der Waals surface area (Å²) in [5.41, 5.74) is 0.159. The molecule has 0 radical (unpaired) electrons. The average molecular weight is 349 g/mol. The molecule has 0 unspecified atom stereocenters. The van der Waals surface area contributed by atoms with Crippen LogP contribution in [0.2, 0.25) is 0 Å². The molecular formula is C15H19N5O3S. The summed E-state index contributed by atoms with van der Waals surface area (Å²) in [5, 5.41) is 11.9. The molecule has 0 atom stereocenters. The summed E-state index contributed by atoms with van der Waals surface area (Å²) >= 11 is 1.28. The lowest BCUT2D eigenvalue weighted by molar-refractivity contribution is -0.119. The molecule has 2 aromatic heterocycles. The Hall–Kier alpha value is -2.68. The SMILES string of the molecule is C=CCNc1nc(C(=O)OCC(=O)Nc2ccnn2C(C)C)cs1. The molecule has 2 heterocycles. The lowest BCUT2D eigenvalue weighted by Gasteiger charge is -2.11. The summed E-state index contributed by atoms with van der Waals surface area (Å²) in [4.78, 5) is 27.9. The Morgan fingerprint density at radius 3 is 3.00 bits per heavy atom. The molecule has 8 nitrogen and oxygen atoms in total. The Labute approximate surface area is 143 Å². The molecule has 0 saturated carbocycles. The zero-order chi connectivity index (χ0) is 17.5. The number of carbonyl (C=O) groups excluding carboxylic acids is 2. The predicted molar refractivity (Wildman–Crippen MR) is 92.3 cm³/mol. The van der Waals surface area contributed by atoms with Crippen molar-refractivity contribution in [3.8, 4) is 0 Å². The summed E-state index contributed by atoms with van der Waals surface area (Å²) < 4.78 is 6.64. The highest BCUT2D eigenvalue weighted by molar-refractivity contribution is 7.13. The zero-order valence-electron chi connectivity index (χ0n) is 13.5. The number of nitrogens with one attached hydrogen (secondary N) is 2. The predicted octanol–water partition coefficient (Wildman–Crippen LogP) is 2.31. The minimum atomic E-state index is -0.648. The van der Waals surface area contributed by atoms with E-state index in [1.807, 2.05) is 13.8 Å². The van der Waals surface area contributed by atoms with Crippen molar-refractivity contribution >= 4 is 34.2 Å². The van der Waals surface area contributed by atoms with Crippen molar-refractivity contribution in [3.05, 3.63) is 36.0 Å². The van der Waals surface area contributed by atoms with Crippen LogP contribution < -0.4 is 10.6 Å². The highest BCUT2D eigenvalue weighted by Crippen LogP contribution is 2.16. The summed E-state index contributed by atoms with van der Waals surface area (Å²) in [6, 6.07) is 1.78. The van der Waals surface area contributed by atoms with Gasteiger partial charge in [-0.2, -0.15) is 5.10 Å². The van der Waals surface area contributed by atoms with E-state index in [0.717, 1.165) is 0 Å². The fourth-order valence-corrected chi connectivity index (χ4v) is 2.51. The molecule has 9 heteroatoms. The van der Waals surface area contributed by atoms with Gasteiger partial charge in [-0.15, -0.1) is 17.9 Å². The van der Waals surface area contributed by atoms with Crippen LogP contribution in [0.1, 0.15) is 30.4 Å². The summed E-state index contributed by atoms with van der Waals surface area (Å²) in [7, 11) is 0. The summed E-state index contributed by atoms with van der Waals surface area (Å²) in [6.07, 6.45) is 3.28. The van der Waals surface area contributed by atoms with Gasteiger partial charge in [0.15, 0.2) is 17.4 Å². The molecular weight excluding hydrogens is 330 g/mol. The molecule has 1 amide bonds. The zero-order valence-corrected chi connectivity index (χ0v) is 14.3. The smallest absolute Gasteiger partial charge is 0.358 e. The molecule has 0 spiro atoms. The molecule has 0 aliphatic heterocycles. The van der Waals surface area contributed by atoms with Gasteiger partial charge in [0.05, 0.1) is 6.20 Å². The lowest BCUT2D eigenvalue weighted by atomic mass is 10.4. The Kier molecular flexibility index (Phi) is 6.07. The van der Waals surface area contributed by atoms with Gasteiger partial charge in [0.2, 0.25) is 0 Å². The van der Waals surface area contributed by atoms with Crippen molar-refractivity contribution < 1.29 is 14.3 Å². The third-order valence-corrected chi connectivity index (χ3v) is 3.67. The van der Waals surface area contributed by atoms with Gasteiger partial charge in [0.25, 0.3) is 5.91 Å². The molecule has 24 heavy (non-hydrogen) atoms. The molecule has 0 aliphatic rings. The van der Waals surface area contributed by atoms with Crippen LogP contribution in [0.25, 0.3) is 0 Å². The largest absolute Gasteiger partial charge is 0.451 e. The van der Waals surface area contributed by atoms with Crippen LogP contribution in [-0.2, 0) is 9.53 Å². The third-order valence-electron chi connectivity index (χ3n) is 2.87. The fourth-order valence-electron chi connectivity index (χ4n) is 1.82. The molecule has 0 saturated heterocycles. The maximum atomic E-state index is 11.9. The van der Waals surface area contributed by atoms with Crippen molar-refractivity contribution in [3.63, 3.8) is 0 Å². The third kappa shape index (κ3) is 4.66. The number of hydrogen-bond donors (Lipinski definition) is 2. The normalized spacial score (nSPS) is 10.5. The van der Waals surface area contributed by atoms with Gasteiger partial charge >= 0.3 is 5.97 Å². The Bertz CT molecular complexity index is 722. The number of esters is 1. The van der Waals surface area contributed by atoms with Crippen LogP contribution in [0.4, 0.5) is 10.9 Å². The maximum absolute atomic E-state index is 11.9. The molecule has 128 valence electrons. The number of amides is 1. The van der Waals surface area contributed by atoms with Crippen LogP contribution in [0, 0.1) is 0 Å². The van der Waals surface area contributed by atoms with E-state index in [4.69, 9.17) is 4.74 Å². The Balaban J connectivity index is 1.84. The second-order valence-corrected chi connectivity index (χ2v) is 5.94. The molecule has 2 aromatic rings. The minimum absolute atomic E-state index is 0.106. The van der Waals surface area contributed by atoms with E-state index in [1.54, 1.807) is 28.4 Å². The van der Waals surface area contributed by atoms with Gasteiger partial charge in [-0.25, -0.2) is 14.5 Å². The second-order valence-electron chi connectivity index (χ2n) is 5.09. The average Bonchev–Trinajstić information content (AvgIpc) is 3.19. The van der Waals surface area contributed by atoms with Crippen LogP contribution in [0.15, 0.2) is 30.3 Å². The van der Waals surface area contributed by atoms with Gasteiger partial charge in [-0.05, 0) is 13.8 Å². The fraction of sp³-hybridized carbons (Fsp3) is 0.333. The van der Waals surface area contributed by atoms with E-state index >= 15 is 0 Å². The van der Waals surface area contributed by atoms with Crippen molar-refractivity contribution in [2.24, 2.45) is 0 Å². The monoisotopic (exact) mass is 349 g/mol. The van der Waals surface area contributed by atoms with E-state index in [2.05, 4.69) is 27.3 Å². The Morgan fingerprint density at radius 1 is 1.50 bits per heavy atom. The first-order chi connectivity index (χ1) is 11.5. The second kappa shape index (κ2) is 8.25. The highest BCUT2D eigenvalue weighted by Gasteiger charge is 2.15. The lowest BCUT2D eigenvalue weighted by Crippen LogP contribution is -2.23. The topological polar surface area (TPSA) is 98.1 Å². The Morgan fingerprint density at radius 2 is 2.29 bits per heavy atom. The van der Waals surface area contributed by atoms with Gasteiger partial charge in [-0.1, -0.05) is 6.08 Å². The summed E-state index contributed by atoms with van der Waals surface area (Å²) in [6.45, 7) is 7.64. The first-order valence-corrected chi connectivity index (χ1v) is 8.20. The number of anilines is 2. The number of ether oxygens (including phenoxy) is 1. The van der Waals surface area contributed by atoms with E-state index in [0.29, 0.717) is 17.5 Å². The number of nitrogens with zero attached hydrogens (tertiary/aromatic N) is 3.